The third-order valence-corrected chi connectivity index (χ3v) is 8.42. The fourth-order valence-corrected chi connectivity index (χ4v) is 6.08. The monoisotopic (exact) mass is 483 g/mol. The van der Waals surface area contributed by atoms with E-state index < -0.39 is 0 Å². The Kier molecular flexibility index (Phi) is 5.72. The van der Waals surface area contributed by atoms with E-state index in [2.05, 4.69) is 32.0 Å². The number of aromatic nitrogens is 3. The molecule has 1 spiro atoms. The number of hydrogen-bond acceptors (Lipinski definition) is 9. The number of methoxy groups -OCH3 is 1. The van der Waals surface area contributed by atoms with Gasteiger partial charge in [0.05, 0.1) is 18.3 Å². The lowest BCUT2D eigenvalue weighted by Gasteiger charge is -2.43. The van der Waals surface area contributed by atoms with E-state index in [1.165, 1.54) is 22.9 Å². The normalized spacial score (nSPS) is 19.0. The molecule has 3 aromatic rings. The minimum Gasteiger partial charge on any atom is -0.496 e. The molecule has 1 aliphatic carbocycles. The van der Waals surface area contributed by atoms with Gasteiger partial charge in [0.2, 0.25) is 0 Å². The average Bonchev–Trinajstić information content (AvgIpc) is 3.09. The van der Waals surface area contributed by atoms with E-state index >= 15 is 0 Å². The third-order valence-electron chi connectivity index (χ3n) is 6.84. The van der Waals surface area contributed by atoms with Crippen molar-refractivity contribution < 1.29 is 4.74 Å². The average molecular weight is 484 g/mol. The van der Waals surface area contributed by atoms with Crippen LogP contribution in [0.25, 0.3) is 0 Å². The van der Waals surface area contributed by atoms with Crippen molar-refractivity contribution in [1.82, 2.24) is 15.0 Å². The number of piperidine rings is 1. The Balaban J connectivity index is 1.33. The molecule has 1 saturated heterocycles. The molecule has 1 aliphatic heterocycles. The number of fused-ring (bicyclic) bond motifs is 2. The molecule has 0 amide bonds. The molecule has 33 heavy (non-hydrogen) atoms. The predicted octanol–water partition coefficient (Wildman–Crippen LogP) is 3.27. The molecule has 1 aromatic carbocycles. The van der Waals surface area contributed by atoms with Crippen molar-refractivity contribution in [3.63, 3.8) is 0 Å². The number of benzene rings is 1. The summed E-state index contributed by atoms with van der Waals surface area (Å²) in [6.45, 7) is 1.66. The Morgan fingerprint density at radius 2 is 1.94 bits per heavy atom. The van der Waals surface area contributed by atoms with Crippen molar-refractivity contribution in [2.75, 3.05) is 36.6 Å². The minimum atomic E-state index is -0.0346. The van der Waals surface area contributed by atoms with Gasteiger partial charge in [0.15, 0.2) is 5.82 Å². The molecule has 0 radical (unpaired) electrons. The molecule has 0 saturated carbocycles. The molecule has 2 aromatic heterocycles. The lowest BCUT2D eigenvalue weighted by Crippen LogP contribution is -2.50. The topological polar surface area (TPSA) is 129 Å². The largest absolute Gasteiger partial charge is 0.496 e. The molecule has 1 unspecified atom stereocenters. The summed E-state index contributed by atoms with van der Waals surface area (Å²) in [5.41, 5.74) is 21.3. The highest BCUT2D eigenvalue weighted by Gasteiger charge is 2.47. The van der Waals surface area contributed by atoms with E-state index in [4.69, 9.17) is 33.5 Å². The van der Waals surface area contributed by atoms with Gasteiger partial charge in [-0.2, -0.15) is 0 Å². The number of pyridine rings is 1. The van der Waals surface area contributed by atoms with Crippen LogP contribution in [0.2, 0.25) is 5.02 Å². The lowest BCUT2D eigenvalue weighted by atomic mass is 9.71. The van der Waals surface area contributed by atoms with Crippen LogP contribution in [-0.2, 0) is 11.8 Å². The zero-order valence-corrected chi connectivity index (χ0v) is 19.9. The van der Waals surface area contributed by atoms with E-state index in [9.17, 15) is 0 Å². The molecule has 1 atom stereocenters. The van der Waals surface area contributed by atoms with Crippen LogP contribution in [0.15, 0.2) is 46.6 Å². The van der Waals surface area contributed by atoms with Gasteiger partial charge < -0.3 is 26.8 Å². The number of rotatable bonds is 4. The van der Waals surface area contributed by atoms with Crippen molar-refractivity contribution in [2.45, 2.75) is 40.6 Å². The number of hydrogen-bond donors (Lipinski definition) is 3. The predicted molar refractivity (Wildman–Crippen MR) is 132 cm³/mol. The minimum absolute atomic E-state index is 0.0346. The van der Waals surface area contributed by atoms with Crippen LogP contribution in [0.3, 0.4) is 0 Å². The molecule has 10 heteroatoms. The van der Waals surface area contributed by atoms with Crippen molar-refractivity contribution in [2.24, 2.45) is 5.73 Å². The summed E-state index contributed by atoms with van der Waals surface area (Å²) in [7, 11) is 1.72. The fourth-order valence-electron chi connectivity index (χ4n) is 5.06. The van der Waals surface area contributed by atoms with Gasteiger partial charge in [-0.25, -0.2) is 15.0 Å². The molecule has 0 bridgehead atoms. The second-order valence-corrected chi connectivity index (χ2v) is 9.88. The number of anilines is 3. The quantitative estimate of drug-likeness (QED) is 0.511. The van der Waals surface area contributed by atoms with Crippen LogP contribution in [0.1, 0.15) is 24.0 Å². The first-order chi connectivity index (χ1) is 15.9. The number of nitrogen functional groups attached to an aromatic ring is 2. The van der Waals surface area contributed by atoms with Gasteiger partial charge in [0, 0.05) is 35.6 Å². The Hall–Kier alpha value is -2.75. The summed E-state index contributed by atoms with van der Waals surface area (Å²) in [5.74, 6) is 2.34. The highest BCUT2D eigenvalue weighted by molar-refractivity contribution is 7.99. The summed E-state index contributed by atoms with van der Waals surface area (Å²) in [6, 6.07) is 8.15. The highest BCUT2D eigenvalue weighted by atomic mass is 35.5. The summed E-state index contributed by atoms with van der Waals surface area (Å²) < 4.78 is 5.59. The Labute approximate surface area is 201 Å². The van der Waals surface area contributed by atoms with Crippen LogP contribution < -0.4 is 26.8 Å². The zero-order valence-electron chi connectivity index (χ0n) is 18.3. The van der Waals surface area contributed by atoms with Gasteiger partial charge in [0.25, 0.3) is 0 Å². The Morgan fingerprint density at radius 3 is 2.67 bits per heavy atom. The second kappa shape index (κ2) is 8.55. The number of halogens is 1. The van der Waals surface area contributed by atoms with Gasteiger partial charge >= 0.3 is 0 Å². The van der Waals surface area contributed by atoms with E-state index in [0.717, 1.165) is 48.8 Å². The lowest BCUT2D eigenvalue weighted by molar-refractivity contribution is 0.292. The maximum Gasteiger partial charge on any atom is 0.158 e. The van der Waals surface area contributed by atoms with Gasteiger partial charge in [-0.15, -0.1) is 0 Å². The van der Waals surface area contributed by atoms with Gasteiger partial charge in [0.1, 0.15) is 22.4 Å². The summed E-state index contributed by atoms with van der Waals surface area (Å²) >= 11 is 7.58. The maximum absolute atomic E-state index is 6.69. The molecule has 6 N–H and O–H groups in total. The Morgan fingerprint density at radius 1 is 1.15 bits per heavy atom. The first-order valence-electron chi connectivity index (χ1n) is 10.8. The van der Waals surface area contributed by atoms with Crippen molar-refractivity contribution in [3.05, 3.63) is 52.8 Å². The molecule has 1 fully saturated rings. The van der Waals surface area contributed by atoms with Crippen molar-refractivity contribution in [1.29, 1.82) is 0 Å². The van der Waals surface area contributed by atoms with E-state index in [-0.39, 0.29) is 17.3 Å². The number of nitrogens with zero attached hydrogens (tertiary/aromatic N) is 4. The first-order valence-corrected chi connectivity index (χ1v) is 12.0. The van der Waals surface area contributed by atoms with E-state index in [1.54, 1.807) is 25.6 Å². The van der Waals surface area contributed by atoms with Gasteiger partial charge in [-0.05, 0) is 42.5 Å². The van der Waals surface area contributed by atoms with Crippen molar-refractivity contribution >= 4 is 40.8 Å². The first kappa shape index (κ1) is 22.1. The molecule has 2 aliphatic rings. The molecule has 3 heterocycles. The molecular formula is C23H26ClN7OS. The fraction of sp³-hybridized carbons (Fsp3) is 0.348. The van der Waals surface area contributed by atoms with Crippen LogP contribution in [0, 0.1) is 0 Å². The zero-order chi connectivity index (χ0) is 23.2. The SMILES string of the molecule is COc1cccc2c1CC(N)C21CCN(c2cnc(Sc3ccnc(N)c3Cl)c(N)n2)CC1. The summed E-state index contributed by atoms with van der Waals surface area (Å²) in [5, 5.41) is 0.970. The third kappa shape index (κ3) is 3.74. The standard InChI is InChI=1S/C23H26ClN7OS/c1-32-15-4-2-3-14-13(15)11-17(25)23(14)6-9-31(10-7-23)18-12-29-22(21(27)30-18)33-16-5-8-28-20(26)19(16)24/h2-5,8,12,17H,6-7,9-11,25H2,1H3,(H2,26,28)(H2,27,30). The molecular weight excluding hydrogens is 458 g/mol. The highest BCUT2D eigenvalue weighted by Crippen LogP contribution is 2.48. The number of ether oxygens (including phenoxy) is 1. The molecule has 5 rings (SSSR count). The number of nitrogens with two attached hydrogens (primary N) is 3. The summed E-state index contributed by atoms with van der Waals surface area (Å²) in [6.07, 6.45) is 6.10. The maximum atomic E-state index is 6.69. The summed E-state index contributed by atoms with van der Waals surface area (Å²) in [4.78, 5) is 16.1. The Bertz CT molecular complexity index is 1200. The van der Waals surface area contributed by atoms with Gasteiger partial charge in [-0.1, -0.05) is 35.5 Å². The smallest absolute Gasteiger partial charge is 0.158 e. The van der Waals surface area contributed by atoms with Crippen LogP contribution in [0.5, 0.6) is 5.75 Å². The van der Waals surface area contributed by atoms with Crippen LogP contribution in [0.4, 0.5) is 17.5 Å². The van der Waals surface area contributed by atoms with E-state index in [1.807, 2.05) is 6.07 Å². The molecule has 172 valence electrons. The van der Waals surface area contributed by atoms with Crippen LogP contribution >= 0.6 is 23.4 Å². The van der Waals surface area contributed by atoms with Crippen LogP contribution in [-0.4, -0.2) is 41.2 Å². The molecule has 8 nitrogen and oxygen atoms in total. The van der Waals surface area contributed by atoms with Gasteiger partial charge in [-0.3, -0.25) is 0 Å². The van der Waals surface area contributed by atoms with E-state index in [0.29, 0.717) is 15.9 Å². The van der Waals surface area contributed by atoms with Crippen molar-refractivity contribution in [3.8, 4) is 5.75 Å². The second-order valence-electron chi connectivity index (χ2n) is 8.47.